The minimum Gasteiger partial charge on any atom is -0.354 e. The van der Waals surface area contributed by atoms with Crippen molar-refractivity contribution in [2.24, 2.45) is 10.9 Å². The lowest BCUT2D eigenvalue weighted by Gasteiger charge is -2.17. The molecule has 2 N–H and O–H groups in total. The lowest BCUT2D eigenvalue weighted by molar-refractivity contribution is -0.123. The number of carbonyl (C=O) groups excluding carboxylic acids is 1. The summed E-state index contributed by atoms with van der Waals surface area (Å²) in [5.74, 6) is -0.0637. The SMILES string of the molecule is Cc1ccccc1CCNC(=O)[C@H](N=C1NS(=O)(=O)c2ccccc21)C(C)C. The number of hydrogen-bond acceptors (Lipinski definition) is 4. The molecule has 3 rings (SSSR count). The largest absolute Gasteiger partial charge is 0.354 e. The van der Waals surface area contributed by atoms with Gasteiger partial charge in [0.25, 0.3) is 10.0 Å². The zero-order valence-corrected chi connectivity index (χ0v) is 17.1. The predicted octanol–water partition coefficient (Wildman–Crippen LogP) is 2.42. The number of hydrogen-bond donors (Lipinski definition) is 2. The molecule has 1 aliphatic rings. The summed E-state index contributed by atoms with van der Waals surface area (Å²) >= 11 is 0. The first-order chi connectivity index (χ1) is 13.3. The van der Waals surface area contributed by atoms with E-state index in [0.717, 1.165) is 6.42 Å². The van der Waals surface area contributed by atoms with Gasteiger partial charge < -0.3 is 5.32 Å². The van der Waals surface area contributed by atoms with Crippen molar-refractivity contribution in [2.75, 3.05) is 6.54 Å². The third-order valence-electron chi connectivity index (χ3n) is 4.79. The quantitative estimate of drug-likeness (QED) is 0.782. The highest BCUT2D eigenvalue weighted by Gasteiger charge is 2.32. The topological polar surface area (TPSA) is 87.6 Å². The van der Waals surface area contributed by atoms with E-state index in [1.54, 1.807) is 18.2 Å². The van der Waals surface area contributed by atoms with E-state index in [2.05, 4.69) is 15.0 Å². The van der Waals surface area contributed by atoms with Gasteiger partial charge in [0.05, 0.1) is 4.90 Å². The smallest absolute Gasteiger partial charge is 0.263 e. The highest BCUT2D eigenvalue weighted by atomic mass is 32.2. The summed E-state index contributed by atoms with van der Waals surface area (Å²) < 4.78 is 27.0. The average Bonchev–Trinajstić information content (AvgIpc) is 2.91. The molecule has 6 nitrogen and oxygen atoms in total. The summed E-state index contributed by atoms with van der Waals surface area (Å²) in [4.78, 5) is 17.4. The molecule has 0 fully saturated rings. The van der Waals surface area contributed by atoms with E-state index in [1.807, 2.05) is 45.0 Å². The summed E-state index contributed by atoms with van der Waals surface area (Å²) in [5, 5.41) is 2.94. The highest BCUT2D eigenvalue weighted by Crippen LogP contribution is 2.23. The number of rotatable bonds is 6. The number of aliphatic imine (C=N–C) groups is 1. The minimum atomic E-state index is -3.62. The molecule has 0 spiro atoms. The number of amidine groups is 1. The first-order valence-electron chi connectivity index (χ1n) is 9.32. The number of nitrogens with zero attached hydrogens (tertiary/aromatic N) is 1. The van der Waals surface area contributed by atoms with E-state index >= 15 is 0 Å². The van der Waals surface area contributed by atoms with Gasteiger partial charge in [-0.1, -0.05) is 50.2 Å². The third kappa shape index (κ3) is 4.25. The fourth-order valence-corrected chi connectivity index (χ4v) is 4.43. The Hall–Kier alpha value is -2.67. The molecular formula is C21H25N3O3S. The van der Waals surface area contributed by atoms with Crippen molar-refractivity contribution in [1.29, 1.82) is 0 Å². The number of carbonyl (C=O) groups is 1. The number of fused-ring (bicyclic) bond motifs is 1. The van der Waals surface area contributed by atoms with Crippen molar-refractivity contribution in [2.45, 2.75) is 38.1 Å². The van der Waals surface area contributed by atoms with E-state index in [9.17, 15) is 13.2 Å². The van der Waals surface area contributed by atoms with Crippen molar-refractivity contribution < 1.29 is 13.2 Å². The number of aryl methyl sites for hydroxylation is 1. The van der Waals surface area contributed by atoms with Crippen LogP contribution in [0.25, 0.3) is 0 Å². The van der Waals surface area contributed by atoms with E-state index in [4.69, 9.17) is 0 Å². The van der Waals surface area contributed by atoms with Gasteiger partial charge in [-0.15, -0.1) is 0 Å². The zero-order chi connectivity index (χ0) is 20.3. The van der Waals surface area contributed by atoms with Gasteiger partial charge in [-0.2, -0.15) is 0 Å². The molecule has 1 amide bonds. The van der Waals surface area contributed by atoms with Gasteiger partial charge >= 0.3 is 0 Å². The maximum Gasteiger partial charge on any atom is 0.263 e. The van der Waals surface area contributed by atoms with Crippen LogP contribution in [0.15, 0.2) is 58.4 Å². The van der Waals surface area contributed by atoms with Gasteiger partial charge in [0.2, 0.25) is 5.91 Å². The van der Waals surface area contributed by atoms with Gasteiger partial charge in [-0.25, -0.2) is 8.42 Å². The number of amides is 1. The van der Waals surface area contributed by atoms with Crippen LogP contribution in [-0.2, 0) is 21.2 Å². The molecule has 0 bridgehead atoms. The Morgan fingerprint density at radius 3 is 2.50 bits per heavy atom. The molecular weight excluding hydrogens is 374 g/mol. The Morgan fingerprint density at radius 1 is 1.11 bits per heavy atom. The normalized spacial score (nSPS) is 17.2. The van der Waals surface area contributed by atoms with Crippen LogP contribution < -0.4 is 10.0 Å². The minimum absolute atomic E-state index is 0.0803. The molecule has 0 aliphatic carbocycles. The molecule has 7 heteroatoms. The molecule has 2 aromatic carbocycles. The molecule has 1 atom stereocenters. The molecule has 0 radical (unpaired) electrons. The molecule has 0 unspecified atom stereocenters. The number of nitrogens with one attached hydrogen (secondary N) is 2. The fourth-order valence-electron chi connectivity index (χ4n) is 3.19. The lowest BCUT2D eigenvalue weighted by atomic mass is 10.0. The first kappa shape index (κ1) is 20.1. The Bertz CT molecular complexity index is 1010. The molecule has 2 aromatic rings. The van der Waals surface area contributed by atoms with Gasteiger partial charge in [0.15, 0.2) is 0 Å². The lowest BCUT2D eigenvalue weighted by Crippen LogP contribution is -2.39. The molecule has 0 saturated heterocycles. The average molecular weight is 400 g/mol. The van der Waals surface area contributed by atoms with E-state index in [-0.39, 0.29) is 22.6 Å². The van der Waals surface area contributed by atoms with E-state index in [1.165, 1.54) is 17.2 Å². The molecule has 148 valence electrons. The van der Waals surface area contributed by atoms with Crippen molar-refractivity contribution in [3.8, 4) is 0 Å². The second kappa shape index (κ2) is 8.14. The summed E-state index contributed by atoms with van der Waals surface area (Å²) in [7, 11) is -3.62. The predicted molar refractivity (Wildman–Crippen MR) is 110 cm³/mol. The van der Waals surface area contributed by atoms with Crippen LogP contribution in [0.1, 0.15) is 30.5 Å². The summed E-state index contributed by atoms with van der Waals surface area (Å²) in [5.41, 5.74) is 2.88. The Balaban J connectivity index is 1.74. The van der Waals surface area contributed by atoms with Crippen LogP contribution in [-0.4, -0.2) is 32.7 Å². The first-order valence-corrected chi connectivity index (χ1v) is 10.8. The Kier molecular flexibility index (Phi) is 5.84. The van der Waals surface area contributed by atoms with Crippen molar-refractivity contribution in [3.63, 3.8) is 0 Å². The van der Waals surface area contributed by atoms with Crippen LogP contribution in [0, 0.1) is 12.8 Å². The van der Waals surface area contributed by atoms with Crippen LogP contribution in [0.4, 0.5) is 0 Å². The Labute approximate surface area is 166 Å². The Morgan fingerprint density at radius 2 is 1.79 bits per heavy atom. The monoisotopic (exact) mass is 399 g/mol. The molecule has 1 heterocycles. The van der Waals surface area contributed by atoms with Crippen molar-refractivity contribution >= 4 is 21.8 Å². The van der Waals surface area contributed by atoms with Gasteiger partial charge in [0, 0.05) is 12.1 Å². The zero-order valence-electron chi connectivity index (χ0n) is 16.3. The van der Waals surface area contributed by atoms with Crippen LogP contribution in [0.5, 0.6) is 0 Å². The van der Waals surface area contributed by atoms with Gasteiger partial charge in [-0.3, -0.25) is 14.5 Å². The molecule has 1 aliphatic heterocycles. The second-order valence-corrected chi connectivity index (χ2v) is 8.89. The van der Waals surface area contributed by atoms with E-state index in [0.29, 0.717) is 12.1 Å². The third-order valence-corrected chi connectivity index (χ3v) is 6.18. The van der Waals surface area contributed by atoms with Gasteiger partial charge in [-0.05, 0) is 42.5 Å². The molecule has 28 heavy (non-hydrogen) atoms. The molecule has 0 saturated carbocycles. The summed E-state index contributed by atoms with van der Waals surface area (Å²) in [6.07, 6.45) is 0.731. The second-order valence-electron chi connectivity index (χ2n) is 7.24. The summed E-state index contributed by atoms with van der Waals surface area (Å²) in [6.45, 7) is 6.33. The fraction of sp³-hybridized carbons (Fsp3) is 0.333. The van der Waals surface area contributed by atoms with Crippen LogP contribution >= 0.6 is 0 Å². The standard InChI is InChI=1S/C21H25N3O3S/c1-14(2)19(21(25)22-13-12-16-9-5-4-8-15(16)3)23-20-17-10-6-7-11-18(17)28(26,27)24-20/h4-11,14,19H,12-13H2,1-3H3,(H,22,25)(H,23,24)/t19-/m1/s1. The van der Waals surface area contributed by atoms with Crippen molar-refractivity contribution in [3.05, 3.63) is 65.2 Å². The maximum absolute atomic E-state index is 12.7. The number of sulfonamides is 1. The van der Waals surface area contributed by atoms with Crippen LogP contribution in [0.3, 0.4) is 0 Å². The molecule has 0 aromatic heterocycles. The summed E-state index contributed by atoms with van der Waals surface area (Å²) in [6, 6.07) is 14.0. The van der Waals surface area contributed by atoms with Gasteiger partial charge in [0.1, 0.15) is 11.9 Å². The highest BCUT2D eigenvalue weighted by molar-refractivity contribution is 7.90. The number of benzene rings is 2. The van der Waals surface area contributed by atoms with Crippen molar-refractivity contribution in [1.82, 2.24) is 10.0 Å². The van der Waals surface area contributed by atoms with Crippen LogP contribution in [0.2, 0.25) is 0 Å². The maximum atomic E-state index is 12.7. The van der Waals surface area contributed by atoms with E-state index < -0.39 is 16.1 Å².